The van der Waals surface area contributed by atoms with Gasteiger partial charge in [0.15, 0.2) is 0 Å². The first-order chi connectivity index (χ1) is 7.80. The van der Waals surface area contributed by atoms with Gasteiger partial charge in [-0.25, -0.2) is 0 Å². The van der Waals surface area contributed by atoms with Gasteiger partial charge in [-0.05, 0) is 57.0 Å². The molecule has 3 rings (SSSR count). The van der Waals surface area contributed by atoms with Gasteiger partial charge in [-0.3, -0.25) is 0 Å². The molecule has 4 unspecified atom stereocenters. The lowest BCUT2D eigenvalue weighted by atomic mass is 9.72. The van der Waals surface area contributed by atoms with E-state index in [-0.39, 0.29) is 5.60 Å². The molecule has 2 saturated heterocycles. The average Bonchev–Trinajstić information content (AvgIpc) is 2.56. The molecular formula is C14H25NO. The van der Waals surface area contributed by atoms with Crippen LogP contribution in [0.15, 0.2) is 0 Å². The van der Waals surface area contributed by atoms with E-state index in [1.54, 1.807) is 0 Å². The Balaban J connectivity index is 1.86. The summed E-state index contributed by atoms with van der Waals surface area (Å²) in [7, 11) is 0. The van der Waals surface area contributed by atoms with Gasteiger partial charge in [0.2, 0.25) is 0 Å². The first kappa shape index (κ1) is 11.0. The molecule has 1 N–H and O–H groups in total. The number of hydrogen-bond donors (Lipinski definition) is 1. The zero-order chi connectivity index (χ0) is 11.0. The molecule has 3 aliphatic rings. The Morgan fingerprint density at radius 1 is 1.12 bits per heavy atom. The fraction of sp³-hybridized carbons (Fsp3) is 1.00. The summed E-state index contributed by atoms with van der Waals surface area (Å²) in [5.41, 5.74) is 0.196. The lowest BCUT2D eigenvalue weighted by Crippen LogP contribution is -2.41. The fourth-order valence-corrected chi connectivity index (χ4v) is 4.34. The molecular weight excluding hydrogens is 198 g/mol. The molecule has 92 valence electrons. The first-order valence-electron chi connectivity index (χ1n) is 7.14. The SMILES string of the molecule is CC12CCCCCC1C1CNCC1CCO2. The van der Waals surface area contributed by atoms with Crippen LogP contribution in [0, 0.1) is 17.8 Å². The van der Waals surface area contributed by atoms with Crippen LogP contribution in [0.1, 0.15) is 45.4 Å². The zero-order valence-electron chi connectivity index (χ0n) is 10.5. The zero-order valence-corrected chi connectivity index (χ0v) is 10.5. The van der Waals surface area contributed by atoms with E-state index in [2.05, 4.69) is 12.2 Å². The minimum Gasteiger partial charge on any atom is -0.375 e. The highest BCUT2D eigenvalue weighted by atomic mass is 16.5. The molecule has 0 amide bonds. The highest BCUT2D eigenvalue weighted by molar-refractivity contribution is 4.98. The number of hydrogen-bond acceptors (Lipinski definition) is 2. The Labute approximate surface area is 99.1 Å². The summed E-state index contributed by atoms with van der Waals surface area (Å²) in [5.74, 6) is 2.60. The molecule has 0 aromatic rings. The smallest absolute Gasteiger partial charge is 0.0685 e. The van der Waals surface area contributed by atoms with E-state index in [9.17, 15) is 0 Å². The van der Waals surface area contributed by atoms with Crippen molar-refractivity contribution in [1.82, 2.24) is 5.32 Å². The summed E-state index contributed by atoms with van der Waals surface area (Å²) in [6.45, 7) is 5.87. The largest absolute Gasteiger partial charge is 0.375 e. The van der Waals surface area contributed by atoms with Crippen molar-refractivity contribution in [2.24, 2.45) is 17.8 Å². The molecule has 0 spiro atoms. The normalized spacial score (nSPS) is 48.9. The van der Waals surface area contributed by atoms with Gasteiger partial charge in [0.25, 0.3) is 0 Å². The second kappa shape index (κ2) is 4.30. The highest BCUT2D eigenvalue weighted by Gasteiger charge is 2.46. The minimum absolute atomic E-state index is 0.196. The molecule has 2 aliphatic heterocycles. The van der Waals surface area contributed by atoms with Crippen LogP contribution in [-0.2, 0) is 4.74 Å². The number of rotatable bonds is 0. The maximum Gasteiger partial charge on any atom is 0.0685 e. The van der Waals surface area contributed by atoms with E-state index in [1.165, 1.54) is 51.6 Å². The van der Waals surface area contributed by atoms with Crippen LogP contribution in [0.4, 0.5) is 0 Å². The summed E-state index contributed by atoms with van der Waals surface area (Å²) in [4.78, 5) is 0. The molecule has 2 nitrogen and oxygen atoms in total. The average molecular weight is 223 g/mol. The van der Waals surface area contributed by atoms with Crippen molar-refractivity contribution in [2.45, 2.75) is 51.0 Å². The Kier molecular flexibility index (Phi) is 2.97. The van der Waals surface area contributed by atoms with Gasteiger partial charge in [0, 0.05) is 6.61 Å². The van der Waals surface area contributed by atoms with Crippen molar-refractivity contribution in [3.05, 3.63) is 0 Å². The van der Waals surface area contributed by atoms with E-state index in [4.69, 9.17) is 4.74 Å². The summed E-state index contributed by atoms with van der Waals surface area (Å²) in [5, 5.41) is 3.61. The number of ether oxygens (including phenoxy) is 1. The van der Waals surface area contributed by atoms with Gasteiger partial charge >= 0.3 is 0 Å². The lowest BCUT2D eigenvalue weighted by molar-refractivity contribution is -0.0776. The second-order valence-corrected chi connectivity index (χ2v) is 6.24. The van der Waals surface area contributed by atoms with Crippen LogP contribution in [0.2, 0.25) is 0 Å². The van der Waals surface area contributed by atoms with Gasteiger partial charge in [-0.1, -0.05) is 19.3 Å². The molecule has 0 radical (unpaired) electrons. The van der Waals surface area contributed by atoms with Crippen LogP contribution in [0.3, 0.4) is 0 Å². The van der Waals surface area contributed by atoms with Crippen LogP contribution >= 0.6 is 0 Å². The van der Waals surface area contributed by atoms with Crippen LogP contribution in [0.5, 0.6) is 0 Å². The Hall–Kier alpha value is -0.0800. The van der Waals surface area contributed by atoms with Gasteiger partial charge in [-0.2, -0.15) is 0 Å². The number of nitrogens with one attached hydrogen (secondary N) is 1. The fourth-order valence-electron chi connectivity index (χ4n) is 4.34. The maximum atomic E-state index is 6.28. The monoisotopic (exact) mass is 223 g/mol. The molecule has 1 aliphatic carbocycles. The lowest BCUT2D eigenvalue weighted by Gasteiger charge is -2.38. The van der Waals surface area contributed by atoms with Gasteiger partial charge < -0.3 is 10.1 Å². The van der Waals surface area contributed by atoms with Crippen LogP contribution < -0.4 is 5.32 Å². The van der Waals surface area contributed by atoms with E-state index < -0.39 is 0 Å². The van der Waals surface area contributed by atoms with Crippen molar-refractivity contribution in [2.75, 3.05) is 19.7 Å². The Bertz CT molecular complexity index is 255. The van der Waals surface area contributed by atoms with Crippen molar-refractivity contribution in [1.29, 1.82) is 0 Å². The van der Waals surface area contributed by atoms with Crippen molar-refractivity contribution >= 4 is 0 Å². The third kappa shape index (κ3) is 1.80. The quantitative estimate of drug-likeness (QED) is 0.681. The Morgan fingerprint density at radius 3 is 3.00 bits per heavy atom. The molecule has 1 saturated carbocycles. The van der Waals surface area contributed by atoms with E-state index in [0.717, 1.165) is 24.4 Å². The van der Waals surface area contributed by atoms with Crippen LogP contribution in [0.25, 0.3) is 0 Å². The summed E-state index contributed by atoms with van der Waals surface area (Å²) in [6.07, 6.45) is 8.19. The molecule has 3 fully saturated rings. The second-order valence-electron chi connectivity index (χ2n) is 6.24. The standard InChI is InChI=1S/C14H25NO/c1-14-7-4-2-3-5-13(14)12-10-15-9-11(12)6-8-16-14/h11-13,15H,2-10H2,1H3. The maximum absolute atomic E-state index is 6.28. The molecule has 0 aromatic carbocycles. The van der Waals surface area contributed by atoms with Crippen molar-refractivity contribution in [3.63, 3.8) is 0 Å². The predicted octanol–water partition coefficient (Wildman–Crippen LogP) is 2.58. The van der Waals surface area contributed by atoms with Crippen LogP contribution in [-0.4, -0.2) is 25.3 Å². The molecule has 16 heavy (non-hydrogen) atoms. The van der Waals surface area contributed by atoms with E-state index in [1.807, 2.05) is 0 Å². The van der Waals surface area contributed by atoms with E-state index >= 15 is 0 Å². The Morgan fingerprint density at radius 2 is 2.06 bits per heavy atom. The van der Waals surface area contributed by atoms with Gasteiger partial charge in [0.05, 0.1) is 5.60 Å². The van der Waals surface area contributed by atoms with Crippen molar-refractivity contribution in [3.8, 4) is 0 Å². The molecule has 2 heterocycles. The van der Waals surface area contributed by atoms with E-state index in [0.29, 0.717) is 0 Å². The summed E-state index contributed by atoms with van der Waals surface area (Å²) < 4.78 is 6.28. The third-order valence-corrected chi connectivity index (χ3v) is 5.30. The number of fused-ring (bicyclic) bond motifs is 3. The van der Waals surface area contributed by atoms with Gasteiger partial charge in [-0.15, -0.1) is 0 Å². The molecule has 0 aromatic heterocycles. The highest BCUT2D eigenvalue weighted by Crippen LogP contribution is 2.46. The molecule has 0 bridgehead atoms. The van der Waals surface area contributed by atoms with Crippen molar-refractivity contribution < 1.29 is 4.74 Å². The third-order valence-electron chi connectivity index (χ3n) is 5.30. The van der Waals surface area contributed by atoms with Gasteiger partial charge in [0.1, 0.15) is 0 Å². The summed E-state index contributed by atoms with van der Waals surface area (Å²) >= 11 is 0. The summed E-state index contributed by atoms with van der Waals surface area (Å²) in [6, 6.07) is 0. The molecule has 2 heteroatoms. The minimum atomic E-state index is 0.196. The predicted molar refractivity (Wildman–Crippen MR) is 65.4 cm³/mol. The first-order valence-corrected chi connectivity index (χ1v) is 7.14. The topological polar surface area (TPSA) is 21.3 Å². The molecule has 4 atom stereocenters.